The number of ether oxygens (including phenoxy) is 1. The zero-order valence-corrected chi connectivity index (χ0v) is 17.5. The zero-order chi connectivity index (χ0) is 21.3. The maximum Gasteiger partial charge on any atom is 0.305 e. The third-order valence-corrected chi connectivity index (χ3v) is 5.22. The van der Waals surface area contributed by atoms with E-state index in [9.17, 15) is 14.4 Å². The number of para-hydroxylation sites is 2. The van der Waals surface area contributed by atoms with Gasteiger partial charge in [-0.15, -0.1) is 0 Å². The van der Waals surface area contributed by atoms with Crippen LogP contribution in [0.25, 0.3) is 16.6 Å². The van der Waals surface area contributed by atoms with Gasteiger partial charge < -0.3 is 10.1 Å². The molecule has 0 saturated heterocycles. The molecule has 0 bridgehead atoms. The standard InChI is InChI=1S/C22H23N3O4S/c1-2-29-20(27)13-8-14-23-19(26)15-30-22-24-18-12-7-6-11-17(18)21(28)25(22)16-9-4-3-5-10-16/h3-7,9-12H,2,8,13-15H2,1H3,(H,23,26). The van der Waals surface area contributed by atoms with Gasteiger partial charge >= 0.3 is 5.97 Å². The van der Waals surface area contributed by atoms with Crippen molar-refractivity contribution in [3.8, 4) is 5.69 Å². The van der Waals surface area contributed by atoms with Gasteiger partial charge in [-0.2, -0.15) is 0 Å². The fourth-order valence-electron chi connectivity index (χ4n) is 2.89. The Kier molecular flexibility index (Phi) is 7.62. The van der Waals surface area contributed by atoms with Gasteiger partial charge in [-0.05, 0) is 37.6 Å². The van der Waals surface area contributed by atoms with Gasteiger partial charge in [0.05, 0.1) is 29.0 Å². The van der Waals surface area contributed by atoms with E-state index in [-0.39, 0.29) is 29.6 Å². The lowest BCUT2D eigenvalue weighted by molar-refractivity contribution is -0.143. The average molecular weight is 426 g/mol. The number of aromatic nitrogens is 2. The molecule has 0 unspecified atom stereocenters. The maximum absolute atomic E-state index is 13.1. The van der Waals surface area contributed by atoms with Crippen LogP contribution in [0.3, 0.4) is 0 Å². The molecule has 0 aliphatic carbocycles. The normalized spacial score (nSPS) is 10.7. The molecule has 8 heteroatoms. The number of rotatable bonds is 9. The van der Waals surface area contributed by atoms with Crippen molar-refractivity contribution < 1.29 is 14.3 Å². The lowest BCUT2D eigenvalue weighted by Gasteiger charge is -2.13. The van der Waals surface area contributed by atoms with E-state index >= 15 is 0 Å². The largest absolute Gasteiger partial charge is 0.466 e. The van der Waals surface area contributed by atoms with Gasteiger partial charge in [0.2, 0.25) is 5.91 Å². The predicted octanol–water partition coefficient (Wildman–Crippen LogP) is 2.94. The molecule has 3 rings (SSSR count). The highest BCUT2D eigenvalue weighted by molar-refractivity contribution is 7.99. The second kappa shape index (κ2) is 10.6. The number of carbonyl (C=O) groups is 2. The molecule has 0 radical (unpaired) electrons. The summed E-state index contributed by atoms with van der Waals surface area (Å²) < 4.78 is 6.39. The Morgan fingerprint density at radius 3 is 2.60 bits per heavy atom. The molecule has 1 N–H and O–H groups in total. The van der Waals surface area contributed by atoms with Crippen molar-refractivity contribution in [2.75, 3.05) is 18.9 Å². The van der Waals surface area contributed by atoms with Crippen LogP contribution in [0.1, 0.15) is 19.8 Å². The molecule has 1 aromatic heterocycles. The summed E-state index contributed by atoms with van der Waals surface area (Å²) in [6.07, 6.45) is 0.777. The Morgan fingerprint density at radius 1 is 1.10 bits per heavy atom. The Bertz CT molecular complexity index is 1080. The van der Waals surface area contributed by atoms with E-state index in [2.05, 4.69) is 10.3 Å². The smallest absolute Gasteiger partial charge is 0.305 e. The molecule has 0 atom stereocenters. The molecule has 0 aliphatic heterocycles. The molecular formula is C22H23N3O4S. The third-order valence-electron chi connectivity index (χ3n) is 4.28. The molecular weight excluding hydrogens is 402 g/mol. The summed E-state index contributed by atoms with van der Waals surface area (Å²) in [4.78, 5) is 41.2. The minimum absolute atomic E-state index is 0.108. The second-order valence-corrected chi connectivity index (χ2v) is 7.38. The van der Waals surface area contributed by atoms with Crippen LogP contribution in [0.15, 0.2) is 64.5 Å². The van der Waals surface area contributed by atoms with Crippen molar-refractivity contribution in [3.63, 3.8) is 0 Å². The van der Waals surface area contributed by atoms with Crippen molar-refractivity contribution in [3.05, 3.63) is 65.0 Å². The summed E-state index contributed by atoms with van der Waals surface area (Å²) in [5, 5.41) is 3.75. The van der Waals surface area contributed by atoms with Gasteiger partial charge in [-0.3, -0.25) is 19.0 Å². The number of amides is 1. The number of nitrogens with zero attached hydrogens (tertiary/aromatic N) is 2. The number of thioether (sulfide) groups is 1. The van der Waals surface area contributed by atoms with Crippen molar-refractivity contribution in [2.24, 2.45) is 0 Å². The number of benzene rings is 2. The van der Waals surface area contributed by atoms with E-state index in [0.717, 1.165) is 0 Å². The van der Waals surface area contributed by atoms with Gasteiger partial charge in [-0.1, -0.05) is 42.1 Å². The van der Waals surface area contributed by atoms with Crippen LogP contribution in [0, 0.1) is 0 Å². The molecule has 0 aliphatic rings. The molecule has 0 fully saturated rings. The number of hydrogen-bond acceptors (Lipinski definition) is 6. The number of nitrogens with one attached hydrogen (secondary N) is 1. The molecule has 1 heterocycles. The second-order valence-electron chi connectivity index (χ2n) is 6.43. The first-order chi connectivity index (χ1) is 14.6. The van der Waals surface area contributed by atoms with E-state index in [1.807, 2.05) is 36.4 Å². The Balaban J connectivity index is 1.72. The summed E-state index contributed by atoms with van der Waals surface area (Å²) in [5.41, 5.74) is 1.11. The van der Waals surface area contributed by atoms with Crippen molar-refractivity contribution in [1.82, 2.24) is 14.9 Å². The molecule has 3 aromatic rings. The van der Waals surface area contributed by atoms with Crippen molar-refractivity contribution in [2.45, 2.75) is 24.9 Å². The van der Waals surface area contributed by atoms with E-state index in [1.165, 1.54) is 16.3 Å². The van der Waals surface area contributed by atoms with Gasteiger partial charge in [0.25, 0.3) is 5.56 Å². The van der Waals surface area contributed by atoms with E-state index in [4.69, 9.17) is 4.74 Å². The van der Waals surface area contributed by atoms with Gasteiger partial charge in [0, 0.05) is 13.0 Å². The molecule has 156 valence electrons. The molecule has 0 saturated carbocycles. The van der Waals surface area contributed by atoms with Crippen LogP contribution in [0.4, 0.5) is 0 Å². The maximum atomic E-state index is 13.1. The van der Waals surface area contributed by atoms with Crippen LogP contribution >= 0.6 is 11.8 Å². The van der Waals surface area contributed by atoms with Crippen LogP contribution in [-0.2, 0) is 14.3 Å². The minimum Gasteiger partial charge on any atom is -0.466 e. The monoisotopic (exact) mass is 425 g/mol. The summed E-state index contributed by atoms with van der Waals surface area (Å²) in [6.45, 7) is 2.49. The summed E-state index contributed by atoms with van der Waals surface area (Å²) in [6, 6.07) is 16.4. The first-order valence-electron chi connectivity index (χ1n) is 9.72. The van der Waals surface area contributed by atoms with Crippen LogP contribution in [0.5, 0.6) is 0 Å². The number of carbonyl (C=O) groups excluding carboxylic acids is 2. The summed E-state index contributed by atoms with van der Waals surface area (Å²) >= 11 is 1.20. The Hall–Kier alpha value is -3.13. The molecule has 0 spiro atoms. The van der Waals surface area contributed by atoms with E-state index < -0.39 is 0 Å². The number of fused-ring (bicyclic) bond motifs is 1. The number of hydrogen-bond donors (Lipinski definition) is 1. The first kappa shape index (κ1) is 21.6. The highest BCUT2D eigenvalue weighted by Gasteiger charge is 2.14. The zero-order valence-electron chi connectivity index (χ0n) is 16.7. The SMILES string of the molecule is CCOC(=O)CCCNC(=O)CSc1nc2ccccc2c(=O)n1-c1ccccc1. The van der Waals surface area contributed by atoms with E-state index in [0.29, 0.717) is 41.3 Å². The van der Waals surface area contributed by atoms with Gasteiger partial charge in [0.15, 0.2) is 5.16 Å². The first-order valence-corrected chi connectivity index (χ1v) is 10.7. The van der Waals surface area contributed by atoms with Crippen molar-refractivity contribution in [1.29, 1.82) is 0 Å². The highest BCUT2D eigenvalue weighted by Crippen LogP contribution is 2.21. The molecule has 1 amide bonds. The fraction of sp³-hybridized carbons (Fsp3) is 0.273. The third kappa shape index (κ3) is 5.48. The lowest BCUT2D eigenvalue weighted by atomic mass is 10.2. The van der Waals surface area contributed by atoms with Crippen LogP contribution < -0.4 is 10.9 Å². The Labute approximate surface area is 178 Å². The predicted molar refractivity (Wildman–Crippen MR) is 117 cm³/mol. The van der Waals surface area contributed by atoms with Crippen LogP contribution in [0.2, 0.25) is 0 Å². The quantitative estimate of drug-likeness (QED) is 0.245. The summed E-state index contributed by atoms with van der Waals surface area (Å²) in [7, 11) is 0. The fourth-order valence-corrected chi connectivity index (χ4v) is 3.73. The molecule has 7 nitrogen and oxygen atoms in total. The summed E-state index contributed by atoms with van der Waals surface area (Å²) in [5.74, 6) is -0.351. The molecule has 2 aromatic carbocycles. The Morgan fingerprint density at radius 2 is 1.83 bits per heavy atom. The van der Waals surface area contributed by atoms with E-state index in [1.54, 1.807) is 25.1 Å². The lowest BCUT2D eigenvalue weighted by Crippen LogP contribution is -2.27. The number of esters is 1. The van der Waals surface area contributed by atoms with Crippen LogP contribution in [-0.4, -0.2) is 40.3 Å². The molecule has 30 heavy (non-hydrogen) atoms. The minimum atomic E-state index is -0.270. The van der Waals surface area contributed by atoms with Gasteiger partial charge in [-0.25, -0.2) is 4.98 Å². The van der Waals surface area contributed by atoms with Crippen molar-refractivity contribution >= 4 is 34.5 Å². The topological polar surface area (TPSA) is 90.3 Å². The average Bonchev–Trinajstić information content (AvgIpc) is 2.76. The van der Waals surface area contributed by atoms with Gasteiger partial charge in [0.1, 0.15) is 0 Å². The highest BCUT2D eigenvalue weighted by atomic mass is 32.2.